The predicted octanol–water partition coefficient (Wildman–Crippen LogP) is 1.70. The molecule has 0 radical (unpaired) electrons. The van der Waals surface area contributed by atoms with E-state index < -0.39 is 10.0 Å². The minimum atomic E-state index is -3.70. The zero-order valence-electron chi connectivity index (χ0n) is 11.5. The highest BCUT2D eigenvalue weighted by Crippen LogP contribution is 2.21. The second-order valence-electron chi connectivity index (χ2n) is 4.51. The van der Waals surface area contributed by atoms with Gasteiger partial charge in [-0.2, -0.15) is 5.10 Å². The van der Waals surface area contributed by atoms with Crippen molar-refractivity contribution < 1.29 is 8.42 Å². The number of sulfonamides is 1. The first-order valence-electron chi connectivity index (χ1n) is 6.14. The van der Waals surface area contributed by atoms with E-state index in [0.717, 1.165) is 0 Å². The summed E-state index contributed by atoms with van der Waals surface area (Å²) >= 11 is 0. The monoisotopic (exact) mass is 295 g/mol. The summed E-state index contributed by atoms with van der Waals surface area (Å²) < 4.78 is 28.8. The van der Waals surface area contributed by atoms with Gasteiger partial charge in [-0.3, -0.25) is 9.40 Å². The van der Waals surface area contributed by atoms with E-state index >= 15 is 0 Å². The van der Waals surface area contributed by atoms with Crippen LogP contribution in [0.3, 0.4) is 0 Å². The smallest absolute Gasteiger partial charge is 0.265 e. The molecular weight excluding hydrogens is 278 g/mol. The molecule has 0 saturated heterocycles. The fourth-order valence-electron chi connectivity index (χ4n) is 1.68. The molecule has 2 rings (SSSR count). The van der Waals surface area contributed by atoms with Crippen LogP contribution < -0.4 is 10.0 Å². The summed E-state index contributed by atoms with van der Waals surface area (Å²) in [5.41, 5.74) is 0.421. The van der Waals surface area contributed by atoms with Crippen molar-refractivity contribution in [2.24, 2.45) is 0 Å². The van der Waals surface area contributed by atoms with Crippen LogP contribution in [0.4, 0.5) is 11.5 Å². The van der Waals surface area contributed by atoms with Gasteiger partial charge in [0.1, 0.15) is 10.7 Å². The number of anilines is 2. The Kier molecular flexibility index (Phi) is 3.93. The molecule has 0 amide bonds. The average molecular weight is 295 g/mol. The van der Waals surface area contributed by atoms with Gasteiger partial charge in [0.2, 0.25) is 0 Å². The molecule has 8 heteroatoms. The van der Waals surface area contributed by atoms with Crippen LogP contribution in [0.2, 0.25) is 0 Å². The third kappa shape index (κ3) is 2.90. The topological polar surface area (TPSA) is 88.9 Å². The van der Waals surface area contributed by atoms with Crippen LogP contribution in [0.5, 0.6) is 0 Å². The zero-order chi connectivity index (χ0) is 14.8. The van der Waals surface area contributed by atoms with E-state index in [4.69, 9.17) is 0 Å². The minimum Gasteiger partial charge on any atom is -0.372 e. The Balaban J connectivity index is 2.31. The fourth-order valence-corrected chi connectivity index (χ4v) is 2.87. The Morgan fingerprint density at radius 2 is 2.10 bits per heavy atom. The van der Waals surface area contributed by atoms with E-state index in [2.05, 4.69) is 20.1 Å². The van der Waals surface area contributed by atoms with Gasteiger partial charge in [-0.25, -0.2) is 13.4 Å². The molecule has 0 spiro atoms. The van der Waals surface area contributed by atoms with Crippen molar-refractivity contribution in [3.63, 3.8) is 0 Å². The molecule has 20 heavy (non-hydrogen) atoms. The maximum Gasteiger partial charge on any atom is 0.265 e. The van der Waals surface area contributed by atoms with Gasteiger partial charge in [0.05, 0.1) is 11.9 Å². The highest BCUT2D eigenvalue weighted by molar-refractivity contribution is 7.92. The first-order chi connectivity index (χ1) is 9.44. The van der Waals surface area contributed by atoms with Crippen molar-refractivity contribution in [1.29, 1.82) is 0 Å². The SMILES string of the molecule is CNc1ncccc1S(=O)(=O)Nc1cnn(C(C)C)c1. The quantitative estimate of drug-likeness (QED) is 0.876. The first kappa shape index (κ1) is 14.3. The van der Waals surface area contributed by atoms with E-state index in [1.165, 1.54) is 18.5 Å². The highest BCUT2D eigenvalue weighted by atomic mass is 32.2. The van der Waals surface area contributed by atoms with Crippen LogP contribution in [0.1, 0.15) is 19.9 Å². The standard InChI is InChI=1S/C12H17N5O2S/c1-9(2)17-8-10(7-15-17)16-20(18,19)11-5-4-6-14-12(11)13-3/h4-9,16H,1-3H3,(H,13,14). The van der Waals surface area contributed by atoms with Crippen LogP contribution in [-0.2, 0) is 10.0 Å². The lowest BCUT2D eigenvalue weighted by molar-refractivity contribution is 0.532. The normalized spacial score (nSPS) is 11.6. The van der Waals surface area contributed by atoms with Gasteiger partial charge in [0.25, 0.3) is 10.0 Å². The van der Waals surface area contributed by atoms with Gasteiger partial charge < -0.3 is 5.32 Å². The number of rotatable bonds is 5. The largest absolute Gasteiger partial charge is 0.372 e. The molecule has 7 nitrogen and oxygen atoms in total. The average Bonchev–Trinajstić information content (AvgIpc) is 2.86. The van der Waals surface area contributed by atoms with Gasteiger partial charge in [-0.15, -0.1) is 0 Å². The molecule has 2 aromatic heterocycles. The van der Waals surface area contributed by atoms with Gasteiger partial charge >= 0.3 is 0 Å². The summed E-state index contributed by atoms with van der Waals surface area (Å²) in [6, 6.07) is 3.24. The summed E-state index contributed by atoms with van der Waals surface area (Å²) in [7, 11) is -2.07. The molecule has 0 saturated carbocycles. The van der Waals surface area contributed by atoms with Gasteiger partial charge in [0, 0.05) is 25.5 Å². The van der Waals surface area contributed by atoms with Crippen molar-refractivity contribution in [3.8, 4) is 0 Å². The second kappa shape index (κ2) is 5.49. The molecule has 0 aliphatic heterocycles. The lowest BCUT2D eigenvalue weighted by Crippen LogP contribution is -2.15. The third-order valence-corrected chi connectivity index (χ3v) is 4.09. The Labute approximate surface area is 118 Å². The maximum absolute atomic E-state index is 12.3. The van der Waals surface area contributed by atoms with E-state index in [1.807, 2.05) is 13.8 Å². The van der Waals surface area contributed by atoms with E-state index in [9.17, 15) is 8.42 Å². The molecule has 0 bridgehead atoms. The van der Waals surface area contributed by atoms with Crippen molar-refractivity contribution in [3.05, 3.63) is 30.7 Å². The Hall–Kier alpha value is -2.09. The molecule has 0 atom stereocenters. The van der Waals surface area contributed by atoms with Crippen LogP contribution in [-0.4, -0.2) is 30.2 Å². The fraction of sp³-hybridized carbons (Fsp3) is 0.333. The molecule has 2 N–H and O–H groups in total. The number of nitrogens with one attached hydrogen (secondary N) is 2. The minimum absolute atomic E-state index is 0.0970. The highest BCUT2D eigenvalue weighted by Gasteiger charge is 2.19. The predicted molar refractivity (Wildman–Crippen MR) is 77.2 cm³/mol. The van der Waals surface area contributed by atoms with Crippen molar-refractivity contribution in [1.82, 2.24) is 14.8 Å². The van der Waals surface area contributed by atoms with E-state index in [1.54, 1.807) is 24.0 Å². The van der Waals surface area contributed by atoms with Gasteiger partial charge in [0.15, 0.2) is 0 Å². The van der Waals surface area contributed by atoms with Crippen LogP contribution in [0.15, 0.2) is 35.6 Å². The molecule has 2 heterocycles. The Morgan fingerprint density at radius 3 is 2.70 bits per heavy atom. The number of aromatic nitrogens is 3. The van der Waals surface area contributed by atoms with Gasteiger partial charge in [-0.1, -0.05) is 0 Å². The summed E-state index contributed by atoms with van der Waals surface area (Å²) in [5, 5.41) is 6.85. The van der Waals surface area contributed by atoms with Crippen LogP contribution in [0.25, 0.3) is 0 Å². The molecule has 0 aliphatic rings. The molecule has 0 aromatic carbocycles. The van der Waals surface area contributed by atoms with Crippen molar-refractivity contribution in [2.75, 3.05) is 17.1 Å². The Morgan fingerprint density at radius 1 is 1.35 bits per heavy atom. The molecule has 0 unspecified atom stereocenters. The lowest BCUT2D eigenvalue weighted by atomic mass is 10.4. The lowest BCUT2D eigenvalue weighted by Gasteiger charge is -2.09. The summed E-state index contributed by atoms with van der Waals surface area (Å²) in [4.78, 5) is 4.08. The number of hydrogen-bond donors (Lipinski definition) is 2. The first-order valence-corrected chi connectivity index (χ1v) is 7.62. The van der Waals surface area contributed by atoms with Crippen LogP contribution in [0, 0.1) is 0 Å². The van der Waals surface area contributed by atoms with E-state index in [-0.39, 0.29) is 10.9 Å². The second-order valence-corrected chi connectivity index (χ2v) is 6.16. The van der Waals surface area contributed by atoms with Crippen molar-refractivity contribution in [2.45, 2.75) is 24.8 Å². The molecule has 0 fully saturated rings. The van der Waals surface area contributed by atoms with Gasteiger partial charge in [-0.05, 0) is 26.0 Å². The van der Waals surface area contributed by atoms with E-state index in [0.29, 0.717) is 11.5 Å². The number of hydrogen-bond acceptors (Lipinski definition) is 5. The number of nitrogens with zero attached hydrogens (tertiary/aromatic N) is 3. The third-order valence-electron chi connectivity index (χ3n) is 2.68. The summed E-state index contributed by atoms with van der Waals surface area (Å²) in [6.45, 7) is 3.93. The molecular formula is C12H17N5O2S. The zero-order valence-corrected chi connectivity index (χ0v) is 12.3. The maximum atomic E-state index is 12.3. The van der Waals surface area contributed by atoms with Crippen molar-refractivity contribution >= 4 is 21.5 Å². The van der Waals surface area contributed by atoms with Crippen LogP contribution >= 0.6 is 0 Å². The summed E-state index contributed by atoms with van der Waals surface area (Å²) in [5.74, 6) is 0.302. The Bertz CT molecular complexity index is 693. The number of pyridine rings is 1. The molecule has 108 valence electrons. The molecule has 2 aromatic rings. The summed E-state index contributed by atoms with van der Waals surface area (Å²) in [6.07, 6.45) is 4.66. The molecule has 0 aliphatic carbocycles.